The zero-order valence-corrected chi connectivity index (χ0v) is 91.1. The monoisotopic (exact) mass is 2120 g/mol. The molecule has 38 nitrogen and oxygen atoms in total. The molecule has 802 valence electrons. The number of amides is 4. The van der Waals surface area contributed by atoms with Crippen LogP contribution in [0.25, 0.3) is 17.1 Å². The second kappa shape index (κ2) is 46.3. The molecular formula is C105H145FN22O16S4. The first kappa shape index (κ1) is 112. The summed E-state index contributed by atoms with van der Waals surface area (Å²) in [6.45, 7) is 43.5. The van der Waals surface area contributed by atoms with Gasteiger partial charge in [-0.1, -0.05) is 62.3 Å². The van der Waals surface area contributed by atoms with Crippen LogP contribution in [0.1, 0.15) is 279 Å². The molecule has 8 aromatic heterocycles. The van der Waals surface area contributed by atoms with Gasteiger partial charge in [-0.2, -0.15) is 13.1 Å². The van der Waals surface area contributed by atoms with Crippen molar-refractivity contribution in [1.29, 1.82) is 0 Å². The molecular weight excluding hydrogens is 1970 g/mol. The van der Waals surface area contributed by atoms with Gasteiger partial charge in [0.1, 0.15) is 67.0 Å². The number of hydrogen-bond acceptors (Lipinski definition) is 32. The number of nitrogens with one attached hydrogen (secondary N) is 6. The molecule has 16 heterocycles. The third kappa shape index (κ3) is 27.9. The van der Waals surface area contributed by atoms with Crippen LogP contribution in [-0.4, -0.2) is 209 Å². The number of benzene rings is 1. The summed E-state index contributed by atoms with van der Waals surface area (Å²) >= 11 is 0. The molecule has 10 N–H and O–H groups in total. The maximum absolute atomic E-state index is 14.5. The Balaban J connectivity index is 0.000000157. The van der Waals surface area contributed by atoms with Crippen molar-refractivity contribution >= 4 is 105 Å². The van der Waals surface area contributed by atoms with Crippen LogP contribution in [0.15, 0.2) is 149 Å². The molecule has 0 spiro atoms. The van der Waals surface area contributed by atoms with Gasteiger partial charge < -0.3 is 60.2 Å². The molecule has 2 unspecified atom stereocenters. The highest BCUT2D eigenvalue weighted by molar-refractivity contribution is 7.91. The molecule has 4 amide bonds. The summed E-state index contributed by atoms with van der Waals surface area (Å²) in [5, 5.41) is 7.69. The summed E-state index contributed by atoms with van der Waals surface area (Å²) in [4.78, 5) is 94.9. The first-order valence-corrected chi connectivity index (χ1v) is 57.0. The molecule has 148 heavy (non-hydrogen) atoms. The van der Waals surface area contributed by atoms with E-state index in [-0.39, 0.29) is 100 Å². The molecule has 8 saturated heterocycles. The van der Waals surface area contributed by atoms with Crippen molar-refractivity contribution < 1.29 is 76.2 Å². The van der Waals surface area contributed by atoms with Gasteiger partial charge in [-0.25, -0.2) is 88.1 Å². The van der Waals surface area contributed by atoms with Crippen molar-refractivity contribution in [2.24, 2.45) is 35.0 Å². The minimum atomic E-state index is -4.23. The topological polar surface area (TPSA) is 490 Å². The fourth-order valence-electron chi connectivity index (χ4n) is 20.9. The number of halogens is 1. The van der Waals surface area contributed by atoms with Crippen LogP contribution in [0.3, 0.4) is 0 Å². The predicted octanol–water partition coefficient (Wildman–Crippen LogP) is 14.8. The zero-order valence-electron chi connectivity index (χ0n) is 87.9. The number of hydrogen-bond donors (Lipinski definition) is 8. The lowest BCUT2D eigenvalue weighted by Gasteiger charge is -2.34. The van der Waals surface area contributed by atoms with Crippen molar-refractivity contribution in [1.82, 2.24) is 73.6 Å². The number of nitrogens with two attached hydrogens (primary N) is 2. The van der Waals surface area contributed by atoms with E-state index in [1.54, 1.807) is 83.8 Å². The number of piperidine rings is 2. The van der Waals surface area contributed by atoms with Crippen LogP contribution < -0.4 is 74.4 Å². The Bertz CT molecular complexity index is 6560. The Morgan fingerprint density at radius 2 is 0.939 bits per heavy atom. The third-order valence-electron chi connectivity index (χ3n) is 27.4. The predicted molar refractivity (Wildman–Crippen MR) is 568 cm³/mol. The number of ether oxygens (including phenoxy) is 4. The summed E-state index contributed by atoms with van der Waals surface area (Å²) < 4.78 is 155. The number of nitrogens with zero attached hydrogens (tertiary/aromatic N) is 14. The van der Waals surface area contributed by atoms with Crippen LogP contribution in [0.2, 0.25) is 0 Å². The fraction of sp³-hybridized carbons (Fsp3) is 0.543. The van der Waals surface area contributed by atoms with Crippen LogP contribution in [-0.2, 0) is 49.8 Å². The zero-order chi connectivity index (χ0) is 107. The highest BCUT2D eigenvalue weighted by atomic mass is 32.2. The molecule has 0 saturated carbocycles. The lowest BCUT2D eigenvalue weighted by Crippen LogP contribution is -2.50. The van der Waals surface area contributed by atoms with E-state index in [0.29, 0.717) is 134 Å². The number of aromatic nitrogens is 9. The SMILES string of the molecule is CC(C)COc1cc(F)cc(-c2ccc(C(=O)NS(=O)(=O)N[C@@H]3CCCNC3)c(N3C[C@@H](C)CC3(C)C)n2)c1.C[C@@H]1CN(c2nc(-n3ccc(OCC(C)(C)C)n3)ccc2C(=O)NS(=O)(=O)c2cccnc2N2CCCCC2)C(C)(C)C1.C[C@@H]1CN(c2nc(C3CCCCO3)ccc2C(=O)NS(=O)(=O)c2cccnc2N)C(C)(C)C1.C[C@@H]1CN(c2nc(C3CCCCO3)ccc2C(=O)NS(=O)(=O)c2cccnc2N)C(C)(C)C1. The van der Waals surface area contributed by atoms with E-state index in [0.717, 1.165) is 134 Å². The smallest absolute Gasteiger partial charge is 0.301 e. The van der Waals surface area contributed by atoms with Gasteiger partial charge >= 0.3 is 10.2 Å². The molecule has 7 atom stereocenters. The van der Waals surface area contributed by atoms with Crippen molar-refractivity contribution in [2.75, 3.05) is 115 Å². The van der Waals surface area contributed by atoms with Crippen LogP contribution in [0.4, 0.5) is 45.1 Å². The van der Waals surface area contributed by atoms with Gasteiger partial charge in [-0.15, -0.1) is 5.10 Å². The Morgan fingerprint density at radius 1 is 0.500 bits per heavy atom. The minimum Gasteiger partial charge on any atom is -0.493 e. The number of anilines is 7. The number of rotatable bonds is 27. The average Bonchev–Trinajstić information content (AvgIpc) is 1.61. The van der Waals surface area contributed by atoms with Gasteiger partial charge in [-0.05, 0) is 290 Å². The van der Waals surface area contributed by atoms with Gasteiger partial charge in [-0.3, -0.25) is 19.2 Å². The molecule has 0 bridgehead atoms. The van der Waals surface area contributed by atoms with Crippen LogP contribution >= 0.6 is 0 Å². The molecule has 0 aliphatic carbocycles. The Kier molecular flexibility index (Phi) is 35.0. The second-order valence-electron chi connectivity index (χ2n) is 44.3. The number of carbonyl (C=O) groups excluding carboxylic acids is 4. The fourth-order valence-corrected chi connectivity index (χ4v) is 25.2. The van der Waals surface area contributed by atoms with Crippen molar-refractivity contribution in [2.45, 2.75) is 269 Å². The molecule has 1 aromatic carbocycles. The summed E-state index contributed by atoms with van der Waals surface area (Å²) in [6, 6.07) is 27.8. The van der Waals surface area contributed by atoms with Gasteiger partial charge in [0.15, 0.2) is 5.82 Å². The van der Waals surface area contributed by atoms with E-state index >= 15 is 0 Å². The van der Waals surface area contributed by atoms with Crippen LogP contribution in [0.5, 0.6) is 11.6 Å². The van der Waals surface area contributed by atoms with Gasteiger partial charge in [0, 0.05) is 130 Å². The van der Waals surface area contributed by atoms with Crippen molar-refractivity contribution in [3.05, 3.63) is 173 Å². The Morgan fingerprint density at radius 3 is 1.37 bits per heavy atom. The molecule has 17 rings (SSSR count). The number of carbonyl (C=O) groups is 4. The van der Waals surface area contributed by atoms with Crippen LogP contribution in [0, 0.1) is 40.8 Å². The van der Waals surface area contributed by atoms with E-state index < -0.39 is 69.7 Å². The Labute approximate surface area is 869 Å². The van der Waals surface area contributed by atoms with Gasteiger partial charge in [0.25, 0.3) is 53.7 Å². The number of sulfonamides is 3. The van der Waals surface area contributed by atoms with E-state index in [1.165, 1.54) is 54.9 Å². The number of nitrogen functional groups attached to an aromatic ring is 2. The molecule has 0 radical (unpaired) electrons. The minimum absolute atomic E-state index is 0.00849. The quantitative estimate of drug-likeness (QED) is 0.0237. The maximum Gasteiger partial charge on any atom is 0.301 e. The molecule has 8 aliphatic heterocycles. The van der Waals surface area contributed by atoms with E-state index in [2.05, 4.69) is 168 Å². The summed E-state index contributed by atoms with van der Waals surface area (Å²) in [7, 11) is -16.7. The highest BCUT2D eigenvalue weighted by Gasteiger charge is 2.46. The molecule has 8 fully saturated rings. The standard InChI is InChI=1S/C31H43N7O4S.C28H40FN5O4S.2C23H31N5O4S/c1-22-19-31(5,6)37(20-22)27-23(12-13-25(33-27)38-18-14-26(34-38)42-21-30(2,3)4)29(39)35-43(40,41)24-11-10-15-32-28(24)36-16-8-7-9-17-36;1-18(2)17-38-23-12-20(11-21(29)13-23)25-9-8-24(26(31-25)34-16-19(3)14-28(34,4)5)27(35)33-39(36,37)32-22-7-6-10-30-15-22;2*1-15-13-23(2,3)28(14-15)21-16(9-10-17(26-21)18-7-4-5-12-32-18)22(29)27-33(30,31)19-8-6-11-25-20(19)24/h10-15,18,22H,7-9,16-17,19-21H2,1-6H3,(H,35,39);8-9,11-13,18-19,22,30,32H,6-7,10,14-17H2,1-5H3,(H,33,35);2*6,8-11,15,18H,4-5,7,12-14H2,1-3H3,(H2,24,25)(H,27,29)/t22-;19-,22+;2*15-,18?/m0000/s1. The average molecular weight is 2120 g/mol. The highest BCUT2D eigenvalue weighted by Crippen LogP contribution is 2.45. The first-order valence-electron chi connectivity index (χ1n) is 51.1. The van der Waals surface area contributed by atoms with Crippen molar-refractivity contribution in [3.8, 4) is 28.7 Å². The normalized spacial score (nSPS) is 21.3. The van der Waals surface area contributed by atoms with Gasteiger partial charge in [0.05, 0.1) is 64.8 Å². The first-order chi connectivity index (χ1) is 69.7. The second-order valence-corrected chi connectivity index (χ2v) is 50.7. The Hall–Kier alpha value is -11.9. The van der Waals surface area contributed by atoms with E-state index in [1.807, 2.05) is 23.6 Å². The number of pyridine rings is 7. The summed E-state index contributed by atoms with van der Waals surface area (Å²) in [5.74, 6) is 1.44. The summed E-state index contributed by atoms with van der Waals surface area (Å²) in [5.41, 5.74) is 13.5. The van der Waals surface area contributed by atoms with E-state index in [4.69, 9.17) is 50.4 Å². The molecule has 43 heteroatoms. The lowest BCUT2D eigenvalue weighted by atomic mass is 9.97. The van der Waals surface area contributed by atoms with Crippen molar-refractivity contribution in [3.63, 3.8) is 0 Å². The molecule has 9 aromatic rings. The summed E-state index contributed by atoms with van der Waals surface area (Å²) in [6.07, 6.45) is 20.0. The van der Waals surface area contributed by atoms with Gasteiger partial charge in [0.2, 0.25) is 5.88 Å². The largest absolute Gasteiger partial charge is 0.493 e. The molecule has 8 aliphatic rings. The van der Waals surface area contributed by atoms with E-state index in [9.17, 15) is 57.2 Å². The lowest BCUT2D eigenvalue weighted by molar-refractivity contribution is 0.0122. The third-order valence-corrected chi connectivity index (χ3v) is 32.7. The maximum atomic E-state index is 14.5.